The van der Waals surface area contributed by atoms with Crippen LogP contribution in [-0.4, -0.2) is 66.7 Å². The minimum atomic E-state index is -0.394. The lowest BCUT2D eigenvalue weighted by Gasteiger charge is -2.35. The van der Waals surface area contributed by atoms with Crippen molar-refractivity contribution < 1.29 is 24.0 Å². The van der Waals surface area contributed by atoms with E-state index in [9.17, 15) is 19.7 Å². The highest BCUT2D eigenvalue weighted by atomic mass is 16.6. The van der Waals surface area contributed by atoms with Gasteiger partial charge >= 0.3 is 5.97 Å². The molecule has 2 aliphatic heterocycles. The van der Waals surface area contributed by atoms with E-state index in [1.165, 1.54) is 6.07 Å². The summed E-state index contributed by atoms with van der Waals surface area (Å²) in [7, 11) is 0. The number of hydrogen-bond donors (Lipinski definition) is 0. The Labute approximate surface area is 169 Å². The Morgan fingerprint density at radius 1 is 1.17 bits per heavy atom. The number of carbonyl (C=O) groups is 2. The van der Waals surface area contributed by atoms with Crippen molar-refractivity contribution in [3.8, 4) is 0 Å². The number of carbonyl (C=O) groups excluding carboxylic acids is 2. The highest BCUT2D eigenvalue weighted by Gasteiger charge is 2.31. The van der Waals surface area contributed by atoms with Gasteiger partial charge in [-0.15, -0.1) is 0 Å². The van der Waals surface area contributed by atoms with Crippen LogP contribution in [0.15, 0.2) is 24.3 Å². The van der Waals surface area contributed by atoms with Gasteiger partial charge in [0, 0.05) is 32.2 Å². The highest BCUT2D eigenvalue weighted by molar-refractivity contribution is 5.81. The zero-order valence-corrected chi connectivity index (χ0v) is 16.8. The van der Waals surface area contributed by atoms with E-state index in [2.05, 4.69) is 0 Å². The van der Waals surface area contributed by atoms with Crippen molar-refractivity contribution in [2.75, 3.05) is 37.7 Å². The SMILES string of the molecule is C[C@@H]1CN(C(=O)COC(=O)C2CCN(c3ccccc3[N+](=O)[O-])CC2)C[C@H](C)O1. The molecule has 29 heavy (non-hydrogen) atoms. The third kappa shape index (κ3) is 5.23. The summed E-state index contributed by atoms with van der Waals surface area (Å²) in [5.41, 5.74) is 0.628. The van der Waals surface area contributed by atoms with E-state index in [0.717, 1.165) is 0 Å². The topological polar surface area (TPSA) is 102 Å². The minimum Gasteiger partial charge on any atom is -0.455 e. The van der Waals surface area contributed by atoms with E-state index < -0.39 is 4.92 Å². The van der Waals surface area contributed by atoms with Gasteiger partial charge in [-0.3, -0.25) is 19.7 Å². The molecule has 158 valence electrons. The number of piperidine rings is 1. The number of nitrogens with zero attached hydrogens (tertiary/aromatic N) is 3. The van der Waals surface area contributed by atoms with Crippen LogP contribution >= 0.6 is 0 Å². The van der Waals surface area contributed by atoms with Gasteiger partial charge in [-0.1, -0.05) is 12.1 Å². The predicted octanol–water partition coefficient (Wildman–Crippen LogP) is 1.99. The van der Waals surface area contributed by atoms with Crippen molar-refractivity contribution in [3.05, 3.63) is 34.4 Å². The van der Waals surface area contributed by atoms with Crippen LogP contribution < -0.4 is 4.90 Å². The maximum absolute atomic E-state index is 12.4. The monoisotopic (exact) mass is 405 g/mol. The van der Waals surface area contributed by atoms with Crippen LogP contribution in [0.5, 0.6) is 0 Å². The normalized spacial score (nSPS) is 23.0. The van der Waals surface area contributed by atoms with E-state index >= 15 is 0 Å². The molecule has 2 fully saturated rings. The lowest BCUT2D eigenvalue weighted by Crippen LogP contribution is -2.49. The fourth-order valence-corrected chi connectivity index (χ4v) is 3.97. The summed E-state index contributed by atoms with van der Waals surface area (Å²) in [6.07, 6.45) is 0.990. The zero-order chi connectivity index (χ0) is 21.0. The molecule has 0 bridgehead atoms. The molecule has 0 spiro atoms. The first-order valence-corrected chi connectivity index (χ1v) is 9.93. The van der Waals surface area contributed by atoms with Gasteiger partial charge in [-0.05, 0) is 32.8 Å². The molecule has 0 saturated carbocycles. The average molecular weight is 405 g/mol. The Hall–Kier alpha value is -2.68. The lowest BCUT2D eigenvalue weighted by molar-refractivity contribution is -0.384. The van der Waals surface area contributed by atoms with Gasteiger partial charge in [0.05, 0.1) is 23.0 Å². The number of nitro groups is 1. The van der Waals surface area contributed by atoms with Gasteiger partial charge in [-0.2, -0.15) is 0 Å². The summed E-state index contributed by atoms with van der Waals surface area (Å²) < 4.78 is 10.9. The second kappa shape index (κ2) is 9.21. The third-order valence-electron chi connectivity index (χ3n) is 5.36. The molecular formula is C20H27N3O6. The molecule has 0 aromatic heterocycles. The third-order valence-corrected chi connectivity index (χ3v) is 5.36. The Morgan fingerprint density at radius 2 is 1.79 bits per heavy atom. The second-order valence-electron chi connectivity index (χ2n) is 7.67. The summed E-state index contributed by atoms with van der Waals surface area (Å²) >= 11 is 0. The van der Waals surface area contributed by atoms with E-state index in [1.54, 1.807) is 23.1 Å². The number of hydrogen-bond acceptors (Lipinski definition) is 7. The number of nitro benzene ring substituents is 1. The first-order valence-electron chi connectivity index (χ1n) is 9.93. The van der Waals surface area contributed by atoms with Gasteiger partial charge in [0.1, 0.15) is 5.69 Å². The molecule has 1 aromatic carbocycles. The Kier molecular flexibility index (Phi) is 6.68. The fraction of sp³-hybridized carbons (Fsp3) is 0.600. The molecule has 1 amide bonds. The molecular weight excluding hydrogens is 378 g/mol. The van der Waals surface area contributed by atoms with Crippen LogP contribution in [-0.2, 0) is 19.1 Å². The van der Waals surface area contributed by atoms with Gasteiger partial charge < -0.3 is 19.3 Å². The highest BCUT2D eigenvalue weighted by Crippen LogP contribution is 2.31. The molecule has 9 nitrogen and oxygen atoms in total. The number of para-hydroxylation sites is 2. The van der Waals surface area contributed by atoms with Crippen molar-refractivity contribution in [2.24, 2.45) is 5.92 Å². The van der Waals surface area contributed by atoms with Gasteiger partial charge in [-0.25, -0.2) is 0 Å². The molecule has 2 saturated heterocycles. The lowest BCUT2D eigenvalue weighted by atomic mass is 9.96. The van der Waals surface area contributed by atoms with Crippen molar-refractivity contribution in [3.63, 3.8) is 0 Å². The molecule has 2 aliphatic rings. The van der Waals surface area contributed by atoms with Crippen molar-refractivity contribution >= 4 is 23.3 Å². The van der Waals surface area contributed by atoms with Crippen LogP contribution in [0.2, 0.25) is 0 Å². The number of rotatable bonds is 5. The molecule has 2 atom stereocenters. The van der Waals surface area contributed by atoms with Crippen molar-refractivity contribution in [2.45, 2.75) is 38.9 Å². The Morgan fingerprint density at radius 3 is 2.41 bits per heavy atom. The molecule has 9 heteroatoms. The van der Waals surface area contributed by atoms with Crippen molar-refractivity contribution in [1.29, 1.82) is 0 Å². The van der Waals surface area contributed by atoms with Crippen LogP contribution in [0, 0.1) is 16.0 Å². The smallest absolute Gasteiger partial charge is 0.309 e. The molecule has 0 aliphatic carbocycles. The summed E-state index contributed by atoms with van der Waals surface area (Å²) in [5.74, 6) is -0.892. The maximum atomic E-state index is 12.4. The fourth-order valence-electron chi connectivity index (χ4n) is 3.97. The molecule has 0 N–H and O–H groups in total. The van der Waals surface area contributed by atoms with E-state index in [4.69, 9.17) is 9.47 Å². The van der Waals surface area contributed by atoms with E-state index in [-0.39, 0.29) is 42.3 Å². The zero-order valence-electron chi connectivity index (χ0n) is 16.8. The van der Waals surface area contributed by atoms with E-state index in [0.29, 0.717) is 44.7 Å². The van der Waals surface area contributed by atoms with Gasteiger partial charge in [0.2, 0.25) is 0 Å². The Balaban J connectivity index is 1.48. The van der Waals surface area contributed by atoms with E-state index in [1.807, 2.05) is 18.7 Å². The predicted molar refractivity (Wildman–Crippen MR) is 106 cm³/mol. The number of anilines is 1. The molecule has 1 aromatic rings. The minimum absolute atomic E-state index is 0.0372. The number of amides is 1. The largest absolute Gasteiger partial charge is 0.455 e. The number of morpholine rings is 1. The standard InChI is InChI=1S/C20H27N3O6/c1-14-11-22(12-15(2)29-14)19(24)13-28-20(25)16-7-9-21(10-8-16)17-5-3-4-6-18(17)23(26)27/h3-6,14-16H,7-13H2,1-2H3/t14-,15+. The van der Waals surface area contributed by atoms with Crippen LogP contribution in [0.4, 0.5) is 11.4 Å². The molecule has 0 unspecified atom stereocenters. The first kappa shape index (κ1) is 21.0. The van der Waals surface area contributed by atoms with Crippen LogP contribution in [0.25, 0.3) is 0 Å². The van der Waals surface area contributed by atoms with Gasteiger partial charge in [0.25, 0.3) is 11.6 Å². The van der Waals surface area contributed by atoms with Crippen molar-refractivity contribution in [1.82, 2.24) is 4.90 Å². The number of benzene rings is 1. The first-order chi connectivity index (χ1) is 13.8. The second-order valence-corrected chi connectivity index (χ2v) is 7.67. The Bertz CT molecular complexity index is 752. The summed E-state index contributed by atoms with van der Waals surface area (Å²) in [6.45, 7) is 5.60. The van der Waals surface area contributed by atoms with Crippen LogP contribution in [0.1, 0.15) is 26.7 Å². The summed E-state index contributed by atoms with van der Waals surface area (Å²) in [6, 6.07) is 6.61. The summed E-state index contributed by atoms with van der Waals surface area (Å²) in [5, 5.41) is 11.2. The average Bonchev–Trinajstić information content (AvgIpc) is 2.71. The maximum Gasteiger partial charge on any atom is 0.309 e. The molecule has 3 rings (SSSR count). The summed E-state index contributed by atoms with van der Waals surface area (Å²) in [4.78, 5) is 39.1. The molecule has 2 heterocycles. The van der Waals surface area contributed by atoms with Crippen LogP contribution in [0.3, 0.4) is 0 Å². The molecule has 0 radical (unpaired) electrons. The number of esters is 1. The van der Waals surface area contributed by atoms with Gasteiger partial charge in [0.15, 0.2) is 6.61 Å². The quantitative estimate of drug-likeness (QED) is 0.419. The number of ether oxygens (including phenoxy) is 2.